The minimum absolute atomic E-state index is 0.0660. The first-order valence-electron chi connectivity index (χ1n) is 7.88. The minimum atomic E-state index is 0.0660. The van der Waals surface area contributed by atoms with Crippen molar-refractivity contribution in [2.45, 2.75) is 44.9 Å². The normalized spacial score (nSPS) is 20.9. The summed E-state index contributed by atoms with van der Waals surface area (Å²) >= 11 is 0. The summed E-state index contributed by atoms with van der Waals surface area (Å²) < 4.78 is 5.43. The lowest BCUT2D eigenvalue weighted by Crippen LogP contribution is -2.15. The molecule has 4 rings (SSSR count). The predicted molar refractivity (Wildman–Crippen MR) is 87.3 cm³/mol. The Kier molecular flexibility index (Phi) is 2.54. The third-order valence-electron chi connectivity index (χ3n) is 5.52. The van der Waals surface area contributed by atoms with Crippen LogP contribution in [0.2, 0.25) is 0 Å². The highest BCUT2D eigenvalue weighted by Crippen LogP contribution is 2.52. The van der Waals surface area contributed by atoms with Crippen LogP contribution in [-0.4, -0.2) is 7.11 Å². The van der Waals surface area contributed by atoms with Crippen molar-refractivity contribution >= 4 is 0 Å². The molecule has 0 heterocycles. The Morgan fingerprint density at radius 3 is 2.57 bits per heavy atom. The smallest absolute Gasteiger partial charge is 0.119 e. The minimum Gasteiger partial charge on any atom is -0.497 e. The zero-order valence-corrected chi connectivity index (χ0v) is 13.3. The fourth-order valence-corrected chi connectivity index (χ4v) is 4.15. The Morgan fingerprint density at radius 2 is 1.81 bits per heavy atom. The van der Waals surface area contributed by atoms with E-state index in [1.807, 2.05) is 0 Å². The van der Waals surface area contributed by atoms with E-state index in [1.165, 1.54) is 35.1 Å². The third-order valence-corrected chi connectivity index (χ3v) is 5.52. The van der Waals surface area contributed by atoms with Crippen LogP contribution in [0, 0.1) is 0 Å². The molecule has 0 amide bonds. The van der Waals surface area contributed by atoms with E-state index < -0.39 is 0 Å². The van der Waals surface area contributed by atoms with E-state index in [4.69, 9.17) is 4.74 Å². The van der Waals surface area contributed by atoms with Gasteiger partial charge in [0.25, 0.3) is 0 Å². The molecule has 2 aromatic rings. The zero-order chi connectivity index (χ0) is 14.8. The average Bonchev–Trinajstić information content (AvgIpc) is 2.95. The molecule has 1 heteroatoms. The summed E-state index contributed by atoms with van der Waals surface area (Å²) in [4.78, 5) is 0. The maximum Gasteiger partial charge on any atom is 0.119 e. The molecule has 2 aliphatic carbocycles. The fraction of sp³-hybridized carbons (Fsp3) is 0.400. The van der Waals surface area contributed by atoms with Crippen molar-refractivity contribution in [1.82, 2.24) is 0 Å². The molecule has 21 heavy (non-hydrogen) atoms. The van der Waals surface area contributed by atoms with Gasteiger partial charge < -0.3 is 4.74 Å². The number of benzene rings is 2. The molecule has 0 fully saturated rings. The molecule has 2 aliphatic rings. The lowest BCUT2D eigenvalue weighted by Gasteiger charge is -2.22. The van der Waals surface area contributed by atoms with Crippen molar-refractivity contribution in [2.75, 3.05) is 7.11 Å². The van der Waals surface area contributed by atoms with E-state index >= 15 is 0 Å². The second-order valence-electron chi connectivity index (χ2n) is 7.07. The Morgan fingerprint density at radius 1 is 1.05 bits per heavy atom. The van der Waals surface area contributed by atoms with Crippen molar-refractivity contribution in [1.29, 1.82) is 0 Å². The predicted octanol–water partition coefficient (Wildman–Crippen LogP) is 5.05. The van der Waals surface area contributed by atoms with Gasteiger partial charge in [0.2, 0.25) is 0 Å². The van der Waals surface area contributed by atoms with Gasteiger partial charge in [0.15, 0.2) is 0 Å². The standard InChI is InChI=1S/C20H22O/c1-12-5-6-13-9-17-15-8-7-14(21-4)10-18(15)20(2,3)19(17)11-16(12)13/h7-12H,5-6H2,1-4H3. The fourth-order valence-electron chi connectivity index (χ4n) is 4.15. The Hall–Kier alpha value is -1.76. The molecular formula is C20H22O. The molecule has 0 radical (unpaired) electrons. The van der Waals surface area contributed by atoms with Crippen LogP contribution in [0.3, 0.4) is 0 Å². The molecule has 0 aromatic heterocycles. The van der Waals surface area contributed by atoms with Crippen LogP contribution in [0.4, 0.5) is 0 Å². The van der Waals surface area contributed by atoms with Crippen molar-refractivity contribution in [3.05, 3.63) is 52.6 Å². The van der Waals surface area contributed by atoms with E-state index in [1.54, 1.807) is 18.2 Å². The quantitative estimate of drug-likeness (QED) is 0.709. The SMILES string of the molecule is COc1ccc2c(c1)C(C)(C)c1cc3c(cc1-2)CCC3C. The molecule has 0 saturated heterocycles. The topological polar surface area (TPSA) is 9.23 Å². The van der Waals surface area contributed by atoms with Crippen LogP contribution in [0.25, 0.3) is 11.1 Å². The summed E-state index contributed by atoms with van der Waals surface area (Å²) in [6, 6.07) is 11.5. The van der Waals surface area contributed by atoms with Gasteiger partial charge in [-0.25, -0.2) is 0 Å². The summed E-state index contributed by atoms with van der Waals surface area (Å²) in [6.45, 7) is 7.03. The number of rotatable bonds is 1. The van der Waals surface area contributed by atoms with Gasteiger partial charge in [-0.15, -0.1) is 0 Å². The highest BCUT2D eigenvalue weighted by Gasteiger charge is 2.37. The van der Waals surface area contributed by atoms with Crippen LogP contribution in [0.5, 0.6) is 5.75 Å². The van der Waals surface area contributed by atoms with Gasteiger partial charge >= 0.3 is 0 Å². The number of aryl methyl sites for hydroxylation is 1. The highest BCUT2D eigenvalue weighted by molar-refractivity contribution is 5.82. The van der Waals surface area contributed by atoms with Crippen LogP contribution < -0.4 is 4.74 Å². The van der Waals surface area contributed by atoms with Gasteiger partial charge in [-0.05, 0) is 64.3 Å². The first-order chi connectivity index (χ1) is 10.0. The van der Waals surface area contributed by atoms with Crippen LogP contribution in [-0.2, 0) is 11.8 Å². The van der Waals surface area contributed by atoms with Gasteiger partial charge in [-0.3, -0.25) is 0 Å². The number of hydrogen-bond acceptors (Lipinski definition) is 1. The number of methoxy groups -OCH3 is 1. The lowest BCUT2D eigenvalue weighted by atomic mass is 9.81. The molecular weight excluding hydrogens is 256 g/mol. The molecule has 0 aliphatic heterocycles. The summed E-state index contributed by atoms with van der Waals surface area (Å²) in [5, 5.41) is 0. The molecule has 0 spiro atoms. The summed E-state index contributed by atoms with van der Waals surface area (Å²) in [7, 11) is 1.74. The second kappa shape index (κ2) is 4.13. The molecule has 0 saturated carbocycles. The van der Waals surface area contributed by atoms with Crippen LogP contribution in [0.1, 0.15) is 55.4 Å². The molecule has 0 bridgehead atoms. The van der Waals surface area contributed by atoms with E-state index in [9.17, 15) is 0 Å². The van der Waals surface area contributed by atoms with Crippen molar-refractivity contribution in [3.8, 4) is 16.9 Å². The lowest BCUT2D eigenvalue weighted by molar-refractivity contribution is 0.413. The largest absolute Gasteiger partial charge is 0.497 e. The number of hydrogen-bond donors (Lipinski definition) is 0. The van der Waals surface area contributed by atoms with Gasteiger partial charge in [0, 0.05) is 5.41 Å². The van der Waals surface area contributed by atoms with E-state index in [0.29, 0.717) is 5.92 Å². The third kappa shape index (κ3) is 1.64. The summed E-state index contributed by atoms with van der Waals surface area (Å²) in [6.07, 6.45) is 2.53. The summed E-state index contributed by atoms with van der Waals surface area (Å²) in [5.41, 5.74) is 8.90. The molecule has 1 nitrogen and oxygen atoms in total. The van der Waals surface area contributed by atoms with Crippen molar-refractivity contribution in [2.24, 2.45) is 0 Å². The van der Waals surface area contributed by atoms with Crippen molar-refractivity contribution < 1.29 is 4.74 Å². The first kappa shape index (κ1) is 12.9. The number of fused-ring (bicyclic) bond motifs is 4. The van der Waals surface area contributed by atoms with E-state index in [-0.39, 0.29) is 5.41 Å². The average molecular weight is 278 g/mol. The first-order valence-corrected chi connectivity index (χ1v) is 7.88. The van der Waals surface area contributed by atoms with Crippen molar-refractivity contribution in [3.63, 3.8) is 0 Å². The van der Waals surface area contributed by atoms with Crippen LogP contribution >= 0.6 is 0 Å². The van der Waals surface area contributed by atoms with Gasteiger partial charge in [-0.2, -0.15) is 0 Å². The monoisotopic (exact) mass is 278 g/mol. The Labute approximate surface area is 127 Å². The molecule has 1 atom stereocenters. The molecule has 1 unspecified atom stereocenters. The second-order valence-corrected chi connectivity index (χ2v) is 7.07. The zero-order valence-electron chi connectivity index (χ0n) is 13.3. The maximum absolute atomic E-state index is 5.43. The Bertz CT molecular complexity index is 740. The maximum atomic E-state index is 5.43. The summed E-state index contributed by atoms with van der Waals surface area (Å²) in [5.74, 6) is 1.66. The molecule has 0 N–H and O–H groups in total. The molecule has 108 valence electrons. The van der Waals surface area contributed by atoms with Gasteiger partial charge in [-0.1, -0.05) is 39.0 Å². The van der Waals surface area contributed by atoms with Crippen LogP contribution in [0.15, 0.2) is 30.3 Å². The van der Waals surface area contributed by atoms with Gasteiger partial charge in [0.1, 0.15) is 5.75 Å². The molecule has 2 aromatic carbocycles. The Balaban J connectivity index is 1.98. The van der Waals surface area contributed by atoms with Gasteiger partial charge in [0.05, 0.1) is 7.11 Å². The van der Waals surface area contributed by atoms with E-state index in [0.717, 1.165) is 5.75 Å². The highest BCUT2D eigenvalue weighted by atomic mass is 16.5. The van der Waals surface area contributed by atoms with E-state index in [2.05, 4.69) is 51.1 Å². The number of ether oxygens (including phenoxy) is 1.